The van der Waals surface area contributed by atoms with E-state index in [9.17, 15) is 19.6 Å². The summed E-state index contributed by atoms with van der Waals surface area (Å²) in [5.41, 5.74) is 6.23. The Bertz CT molecular complexity index is 1230. The summed E-state index contributed by atoms with van der Waals surface area (Å²) >= 11 is 1.72. The molecular formula is C29H28N2O4S. The Morgan fingerprint density at radius 2 is 1.47 bits per heavy atom. The molecule has 1 saturated carbocycles. The Morgan fingerprint density at radius 3 is 2.11 bits per heavy atom. The van der Waals surface area contributed by atoms with Gasteiger partial charge >= 0.3 is 0 Å². The fraction of sp³-hybridized carbons (Fsp3) is 0.276. The molecule has 0 spiro atoms. The standard InChI is InChI=1S/C29H28N2O4S/c32-27(30-35)26-22(18-31-28(33)23-8-4-5-9-24(23)29(31)34)14-15-25(26)36-17-16-19-10-12-21(13-11-19)20-6-2-1-3-7-20/h1-13,22,25-26,35H,14-18H2,(H,30,32)/t22-,25-,26-/m1/s1. The van der Waals surface area contributed by atoms with E-state index < -0.39 is 11.8 Å². The SMILES string of the molecule is O=C(NO)[C@@H]1[C@@H](CN2C(=O)c3ccccc3C2=O)CC[C@H]1SCCc1ccc(-c2ccccc2)cc1. The van der Waals surface area contributed by atoms with Crippen LogP contribution in [0.1, 0.15) is 39.1 Å². The van der Waals surface area contributed by atoms with Gasteiger partial charge in [-0.05, 0) is 59.8 Å². The lowest BCUT2D eigenvalue weighted by molar-refractivity contribution is -0.134. The van der Waals surface area contributed by atoms with Crippen LogP contribution >= 0.6 is 11.8 Å². The number of carbonyl (C=O) groups excluding carboxylic acids is 3. The van der Waals surface area contributed by atoms with Crippen LogP contribution in [-0.2, 0) is 11.2 Å². The number of imide groups is 1. The van der Waals surface area contributed by atoms with E-state index in [-0.39, 0.29) is 29.5 Å². The Hall–Kier alpha value is -3.42. The molecule has 3 amide bonds. The number of nitrogens with one attached hydrogen (secondary N) is 1. The third kappa shape index (κ3) is 4.81. The first-order valence-electron chi connectivity index (χ1n) is 12.2. The van der Waals surface area contributed by atoms with Crippen LogP contribution < -0.4 is 5.48 Å². The Balaban J connectivity index is 1.20. The van der Waals surface area contributed by atoms with Crippen molar-refractivity contribution in [2.45, 2.75) is 24.5 Å². The molecule has 2 aliphatic rings. The Labute approximate surface area is 214 Å². The van der Waals surface area contributed by atoms with Crippen molar-refractivity contribution in [3.05, 3.63) is 95.6 Å². The number of thioether (sulfide) groups is 1. The van der Waals surface area contributed by atoms with E-state index in [0.717, 1.165) is 25.0 Å². The largest absolute Gasteiger partial charge is 0.289 e. The lowest BCUT2D eigenvalue weighted by Gasteiger charge is -2.25. The van der Waals surface area contributed by atoms with Crippen LogP contribution in [0, 0.1) is 11.8 Å². The number of benzene rings is 3. The number of hydrogen-bond acceptors (Lipinski definition) is 5. The number of rotatable bonds is 8. The van der Waals surface area contributed by atoms with Crippen molar-refractivity contribution in [1.82, 2.24) is 10.4 Å². The molecule has 0 aromatic heterocycles. The smallest absolute Gasteiger partial charge is 0.261 e. The zero-order chi connectivity index (χ0) is 25.1. The van der Waals surface area contributed by atoms with Crippen LogP contribution in [-0.4, -0.2) is 45.4 Å². The van der Waals surface area contributed by atoms with Crippen molar-refractivity contribution in [1.29, 1.82) is 0 Å². The lowest BCUT2D eigenvalue weighted by Crippen LogP contribution is -2.41. The average Bonchev–Trinajstić information content (AvgIpc) is 3.43. The quantitative estimate of drug-likeness (QED) is 0.263. The van der Waals surface area contributed by atoms with Crippen LogP contribution in [0.3, 0.4) is 0 Å². The number of hydrogen-bond donors (Lipinski definition) is 2. The second-order valence-corrected chi connectivity index (χ2v) is 10.7. The third-order valence-electron chi connectivity index (χ3n) is 7.22. The summed E-state index contributed by atoms with van der Waals surface area (Å²) in [6, 6.07) is 25.6. The number of hydroxylamine groups is 1. The first kappa shape index (κ1) is 24.3. The molecule has 0 bridgehead atoms. The molecule has 3 aromatic carbocycles. The van der Waals surface area contributed by atoms with E-state index >= 15 is 0 Å². The molecule has 0 unspecified atom stereocenters. The van der Waals surface area contributed by atoms with Gasteiger partial charge in [-0.2, -0.15) is 11.8 Å². The van der Waals surface area contributed by atoms with Crippen LogP contribution in [0.15, 0.2) is 78.9 Å². The van der Waals surface area contributed by atoms with E-state index in [1.54, 1.807) is 36.0 Å². The summed E-state index contributed by atoms with van der Waals surface area (Å²) < 4.78 is 0. The van der Waals surface area contributed by atoms with E-state index in [2.05, 4.69) is 36.4 Å². The fourth-order valence-electron chi connectivity index (χ4n) is 5.35. The second kappa shape index (κ2) is 10.7. The topological polar surface area (TPSA) is 86.7 Å². The van der Waals surface area contributed by atoms with Crippen LogP contribution in [0.25, 0.3) is 11.1 Å². The fourth-order valence-corrected chi connectivity index (χ4v) is 6.86. The monoisotopic (exact) mass is 500 g/mol. The molecule has 1 fully saturated rings. The highest BCUT2D eigenvalue weighted by atomic mass is 32.2. The van der Waals surface area contributed by atoms with Gasteiger partial charge in [0.05, 0.1) is 17.0 Å². The van der Waals surface area contributed by atoms with Gasteiger partial charge in [-0.1, -0.05) is 66.7 Å². The van der Waals surface area contributed by atoms with Crippen molar-refractivity contribution >= 4 is 29.5 Å². The molecule has 3 aromatic rings. The molecule has 1 aliphatic heterocycles. The van der Waals surface area contributed by atoms with Crippen LogP contribution in [0.4, 0.5) is 0 Å². The maximum absolute atomic E-state index is 12.8. The Kier molecular flexibility index (Phi) is 7.20. The van der Waals surface area contributed by atoms with Gasteiger partial charge in [0.15, 0.2) is 0 Å². The molecule has 1 heterocycles. The molecule has 0 radical (unpaired) electrons. The van der Waals surface area contributed by atoms with Gasteiger partial charge in [0.2, 0.25) is 5.91 Å². The summed E-state index contributed by atoms with van der Waals surface area (Å²) in [4.78, 5) is 39.5. The highest BCUT2D eigenvalue weighted by Crippen LogP contribution is 2.41. The summed E-state index contributed by atoms with van der Waals surface area (Å²) in [5, 5.41) is 9.42. The van der Waals surface area contributed by atoms with Crippen LogP contribution in [0.2, 0.25) is 0 Å². The van der Waals surface area contributed by atoms with Crippen molar-refractivity contribution in [2.24, 2.45) is 11.8 Å². The minimum absolute atomic E-state index is 0.0147. The van der Waals surface area contributed by atoms with Gasteiger partial charge in [0.1, 0.15) is 0 Å². The Morgan fingerprint density at radius 1 is 0.861 bits per heavy atom. The average molecular weight is 501 g/mol. The summed E-state index contributed by atoms with van der Waals surface area (Å²) in [5.74, 6) is -0.891. The van der Waals surface area contributed by atoms with Gasteiger partial charge in [0, 0.05) is 11.8 Å². The summed E-state index contributed by atoms with van der Waals surface area (Å²) in [6.45, 7) is 0.183. The van der Waals surface area contributed by atoms with Crippen LogP contribution in [0.5, 0.6) is 0 Å². The minimum Gasteiger partial charge on any atom is -0.289 e. The maximum atomic E-state index is 12.8. The summed E-state index contributed by atoms with van der Waals surface area (Å²) in [7, 11) is 0. The first-order valence-corrected chi connectivity index (χ1v) is 13.3. The molecule has 2 N–H and O–H groups in total. The van der Waals surface area contributed by atoms with Gasteiger partial charge in [0.25, 0.3) is 11.8 Å². The summed E-state index contributed by atoms with van der Waals surface area (Å²) in [6.07, 6.45) is 2.38. The van der Waals surface area contributed by atoms with Crippen molar-refractivity contribution < 1.29 is 19.6 Å². The molecular weight excluding hydrogens is 472 g/mol. The molecule has 184 valence electrons. The molecule has 1 aliphatic carbocycles. The third-order valence-corrected chi connectivity index (χ3v) is 8.62. The number of carbonyl (C=O) groups is 3. The highest BCUT2D eigenvalue weighted by Gasteiger charge is 2.45. The van der Waals surface area contributed by atoms with Crippen molar-refractivity contribution in [2.75, 3.05) is 12.3 Å². The van der Waals surface area contributed by atoms with Gasteiger partial charge < -0.3 is 0 Å². The molecule has 7 heteroatoms. The van der Waals surface area contributed by atoms with E-state index in [1.807, 2.05) is 23.7 Å². The molecule has 0 saturated heterocycles. The predicted molar refractivity (Wildman–Crippen MR) is 140 cm³/mol. The number of aryl methyl sites for hydroxylation is 1. The first-order chi connectivity index (χ1) is 17.6. The minimum atomic E-state index is -0.468. The van der Waals surface area contributed by atoms with E-state index in [0.29, 0.717) is 11.1 Å². The zero-order valence-electron chi connectivity index (χ0n) is 19.8. The predicted octanol–water partition coefficient (Wildman–Crippen LogP) is 4.83. The highest BCUT2D eigenvalue weighted by molar-refractivity contribution is 7.99. The van der Waals surface area contributed by atoms with E-state index in [4.69, 9.17) is 0 Å². The normalized spacial score (nSPS) is 21.0. The molecule has 5 rings (SSSR count). The zero-order valence-corrected chi connectivity index (χ0v) is 20.6. The van der Waals surface area contributed by atoms with Gasteiger partial charge in [-0.25, -0.2) is 5.48 Å². The molecule has 36 heavy (non-hydrogen) atoms. The number of nitrogens with zero attached hydrogens (tertiary/aromatic N) is 1. The number of amides is 3. The maximum Gasteiger partial charge on any atom is 0.261 e. The lowest BCUT2D eigenvalue weighted by atomic mass is 9.94. The molecule has 6 nitrogen and oxygen atoms in total. The number of fused-ring (bicyclic) bond motifs is 1. The van der Waals surface area contributed by atoms with Gasteiger partial charge in [-0.3, -0.25) is 24.5 Å². The van der Waals surface area contributed by atoms with Crippen molar-refractivity contribution in [3.63, 3.8) is 0 Å². The second-order valence-electron chi connectivity index (χ2n) is 9.33. The van der Waals surface area contributed by atoms with Crippen molar-refractivity contribution in [3.8, 4) is 11.1 Å². The molecule has 3 atom stereocenters. The van der Waals surface area contributed by atoms with E-state index in [1.165, 1.54) is 21.6 Å². The van der Waals surface area contributed by atoms with Gasteiger partial charge in [-0.15, -0.1) is 0 Å².